The average Bonchev–Trinajstić information content (AvgIpc) is 2.88. The fraction of sp³-hybridized carbons (Fsp3) is 1.00. The van der Waals surface area contributed by atoms with Crippen molar-refractivity contribution in [2.24, 2.45) is 17.1 Å². The zero-order valence-corrected chi connectivity index (χ0v) is 7.72. The number of rotatable bonds is 3. The van der Waals surface area contributed by atoms with Gasteiger partial charge in [0.1, 0.15) is 0 Å². The SMILES string of the molecule is NCCC1(C2CCOCC2)CC1. The molecule has 1 saturated carbocycles. The van der Waals surface area contributed by atoms with E-state index in [1.54, 1.807) is 0 Å². The molecule has 1 heterocycles. The molecular formula is C10H19NO. The second-order valence-electron chi connectivity index (χ2n) is 4.29. The van der Waals surface area contributed by atoms with Crippen LogP contribution in [-0.2, 0) is 4.74 Å². The van der Waals surface area contributed by atoms with Crippen molar-refractivity contribution in [3.05, 3.63) is 0 Å². The van der Waals surface area contributed by atoms with Gasteiger partial charge in [-0.2, -0.15) is 0 Å². The van der Waals surface area contributed by atoms with Crippen LogP contribution in [0, 0.1) is 11.3 Å². The monoisotopic (exact) mass is 169 g/mol. The number of hydrogen-bond donors (Lipinski definition) is 1. The highest BCUT2D eigenvalue weighted by molar-refractivity contribution is 4.98. The molecule has 70 valence electrons. The fourth-order valence-electron chi connectivity index (χ4n) is 2.62. The lowest BCUT2D eigenvalue weighted by atomic mass is 9.81. The topological polar surface area (TPSA) is 35.2 Å². The van der Waals surface area contributed by atoms with Crippen molar-refractivity contribution < 1.29 is 4.74 Å². The van der Waals surface area contributed by atoms with E-state index in [0.29, 0.717) is 5.41 Å². The van der Waals surface area contributed by atoms with Crippen LogP contribution in [-0.4, -0.2) is 19.8 Å². The minimum Gasteiger partial charge on any atom is -0.381 e. The molecule has 2 N–H and O–H groups in total. The summed E-state index contributed by atoms with van der Waals surface area (Å²) in [6.07, 6.45) is 6.65. The van der Waals surface area contributed by atoms with Crippen LogP contribution < -0.4 is 5.73 Å². The van der Waals surface area contributed by atoms with Gasteiger partial charge >= 0.3 is 0 Å². The van der Waals surface area contributed by atoms with Crippen molar-refractivity contribution in [1.82, 2.24) is 0 Å². The number of nitrogens with two attached hydrogens (primary N) is 1. The van der Waals surface area contributed by atoms with E-state index in [-0.39, 0.29) is 0 Å². The minimum atomic E-state index is 0.665. The van der Waals surface area contributed by atoms with E-state index in [4.69, 9.17) is 10.5 Å². The number of hydrogen-bond acceptors (Lipinski definition) is 2. The van der Waals surface area contributed by atoms with Crippen molar-refractivity contribution in [3.63, 3.8) is 0 Å². The lowest BCUT2D eigenvalue weighted by Gasteiger charge is -2.30. The van der Waals surface area contributed by atoms with Crippen LogP contribution in [0.5, 0.6) is 0 Å². The Morgan fingerprint density at radius 1 is 1.25 bits per heavy atom. The summed E-state index contributed by atoms with van der Waals surface area (Å²) in [5, 5.41) is 0. The Labute approximate surface area is 74.5 Å². The molecule has 0 aromatic rings. The van der Waals surface area contributed by atoms with E-state index >= 15 is 0 Å². The average molecular weight is 169 g/mol. The first-order chi connectivity index (χ1) is 5.87. The Morgan fingerprint density at radius 3 is 2.42 bits per heavy atom. The molecule has 0 amide bonds. The van der Waals surface area contributed by atoms with Crippen LogP contribution in [0.3, 0.4) is 0 Å². The maximum atomic E-state index is 5.63. The highest BCUT2D eigenvalue weighted by Gasteiger charge is 2.48. The molecule has 2 heteroatoms. The standard InChI is InChI=1S/C10H19NO/c11-6-5-10(3-4-10)9-1-7-12-8-2-9/h9H,1-8,11H2. The molecule has 0 radical (unpaired) electrons. The Kier molecular flexibility index (Phi) is 2.37. The van der Waals surface area contributed by atoms with Gasteiger partial charge in [0.25, 0.3) is 0 Å². The third kappa shape index (κ3) is 1.50. The van der Waals surface area contributed by atoms with Crippen LogP contribution in [0.15, 0.2) is 0 Å². The maximum Gasteiger partial charge on any atom is 0.0468 e. The first-order valence-corrected chi connectivity index (χ1v) is 5.15. The Bertz CT molecular complexity index is 148. The third-order valence-corrected chi connectivity index (χ3v) is 3.62. The molecule has 0 bridgehead atoms. The summed E-state index contributed by atoms with van der Waals surface area (Å²) >= 11 is 0. The highest BCUT2D eigenvalue weighted by atomic mass is 16.5. The fourth-order valence-corrected chi connectivity index (χ4v) is 2.62. The van der Waals surface area contributed by atoms with Crippen LogP contribution in [0.25, 0.3) is 0 Å². The first kappa shape index (κ1) is 8.52. The van der Waals surface area contributed by atoms with Crippen LogP contribution in [0.2, 0.25) is 0 Å². The molecule has 0 spiro atoms. The van der Waals surface area contributed by atoms with E-state index in [9.17, 15) is 0 Å². The summed E-state index contributed by atoms with van der Waals surface area (Å²) in [7, 11) is 0. The van der Waals surface area contributed by atoms with Gasteiger partial charge in [-0.3, -0.25) is 0 Å². The summed E-state index contributed by atoms with van der Waals surface area (Å²) in [4.78, 5) is 0. The van der Waals surface area contributed by atoms with Gasteiger partial charge in [-0.1, -0.05) is 0 Å². The molecule has 2 nitrogen and oxygen atoms in total. The van der Waals surface area contributed by atoms with Crippen molar-refractivity contribution >= 4 is 0 Å². The van der Waals surface area contributed by atoms with Gasteiger partial charge in [0.15, 0.2) is 0 Å². The van der Waals surface area contributed by atoms with E-state index in [0.717, 1.165) is 25.7 Å². The third-order valence-electron chi connectivity index (χ3n) is 3.62. The van der Waals surface area contributed by atoms with Gasteiger partial charge in [-0.05, 0) is 50.0 Å². The molecule has 0 aromatic carbocycles. The molecule has 0 atom stereocenters. The van der Waals surface area contributed by atoms with Crippen LogP contribution >= 0.6 is 0 Å². The quantitative estimate of drug-likeness (QED) is 0.695. The highest BCUT2D eigenvalue weighted by Crippen LogP contribution is 2.57. The second-order valence-corrected chi connectivity index (χ2v) is 4.29. The molecule has 1 saturated heterocycles. The largest absolute Gasteiger partial charge is 0.381 e. The van der Waals surface area contributed by atoms with Gasteiger partial charge in [-0.25, -0.2) is 0 Å². The summed E-state index contributed by atoms with van der Waals surface area (Å²) < 4.78 is 5.37. The van der Waals surface area contributed by atoms with Gasteiger partial charge in [0, 0.05) is 13.2 Å². The normalized spacial score (nSPS) is 28.8. The van der Waals surface area contributed by atoms with E-state index in [2.05, 4.69) is 0 Å². The summed E-state index contributed by atoms with van der Waals surface area (Å²) in [6.45, 7) is 2.84. The number of ether oxygens (including phenoxy) is 1. The maximum absolute atomic E-state index is 5.63. The molecule has 12 heavy (non-hydrogen) atoms. The molecular weight excluding hydrogens is 150 g/mol. The predicted molar refractivity (Wildman–Crippen MR) is 48.9 cm³/mol. The van der Waals surface area contributed by atoms with E-state index in [1.165, 1.54) is 32.1 Å². The lowest BCUT2D eigenvalue weighted by Crippen LogP contribution is -2.26. The van der Waals surface area contributed by atoms with Gasteiger partial charge in [-0.15, -0.1) is 0 Å². The van der Waals surface area contributed by atoms with Gasteiger partial charge < -0.3 is 10.5 Å². The molecule has 2 aliphatic rings. The Hall–Kier alpha value is -0.0800. The molecule has 0 unspecified atom stereocenters. The Balaban J connectivity index is 1.88. The lowest BCUT2D eigenvalue weighted by molar-refractivity contribution is 0.0393. The molecule has 2 rings (SSSR count). The van der Waals surface area contributed by atoms with Crippen molar-refractivity contribution in [3.8, 4) is 0 Å². The summed E-state index contributed by atoms with van der Waals surface area (Å²) in [5.74, 6) is 0.926. The zero-order chi connectivity index (χ0) is 8.44. The second kappa shape index (κ2) is 3.35. The van der Waals surface area contributed by atoms with Crippen LogP contribution in [0.4, 0.5) is 0 Å². The van der Waals surface area contributed by atoms with E-state index < -0.39 is 0 Å². The van der Waals surface area contributed by atoms with Gasteiger partial charge in [0.05, 0.1) is 0 Å². The van der Waals surface area contributed by atoms with Crippen molar-refractivity contribution in [2.45, 2.75) is 32.1 Å². The smallest absolute Gasteiger partial charge is 0.0468 e. The van der Waals surface area contributed by atoms with Gasteiger partial charge in [0.2, 0.25) is 0 Å². The molecule has 2 fully saturated rings. The van der Waals surface area contributed by atoms with Crippen molar-refractivity contribution in [1.29, 1.82) is 0 Å². The van der Waals surface area contributed by atoms with Crippen LogP contribution in [0.1, 0.15) is 32.1 Å². The minimum absolute atomic E-state index is 0.665. The predicted octanol–water partition coefficient (Wildman–Crippen LogP) is 1.54. The zero-order valence-electron chi connectivity index (χ0n) is 7.72. The molecule has 1 aliphatic carbocycles. The molecule has 0 aromatic heterocycles. The Morgan fingerprint density at radius 2 is 1.92 bits per heavy atom. The first-order valence-electron chi connectivity index (χ1n) is 5.15. The van der Waals surface area contributed by atoms with E-state index in [1.807, 2.05) is 0 Å². The molecule has 1 aliphatic heterocycles. The summed E-state index contributed by atoms with van der Waals surface area (Å²) in [5.41, 5.74) is 6.30. The summed E-state index contributed by atoms with van der Waals surface area (Å²) in [6, 6.07) is 0. The van der Waals surface area contributed by atoms with Crippen molar-refractivity contribution in [2.75, 3.05) is 19.8 Å².